The van der Waals surface area contributed by atoms with Gasteiger partial charge in [0.05, 0.1) is 40.0 Å². The van der Waals surface area contributed by atoms with Crippen LogP contribution in [-0.4, -0.2) is 28.7 Å². The SMILES string of the molecule is CCOC(=O)C1=C(C)N=c2s/c(=C\c3ccc(OCc4ccc([N+](=O)[O-])cc4)c(OCC)c3)c(=O)n2[C@@H]1c1cccc2ccccc12. The number of thiazole rings is 1. The summed E-state index contributed by atoms with van der Waals surface area (Å²) in [5.41, 5.74) is 2.84. The molecular weight excluding hydrogens is 618 g/mol. The molecule has 4 aromatic carbocycles. The molecule has 1 aliphatic heterocycles. The molecule has 47 heavy (non-hydrogen) atoms. The number of ether oxygens (including phenoxy) is 3. The number of hydrogen-bond acceptors (Lipinski definition) is 9. The number of fused-ring (bicyclic) bond motifs is 2. The maximum Gasteiger partial charge on any atom is 0.338 e. The first kappa shape index (κ1) is 31.4. The summed E-state index contributed by atoms with van der Waals surface area (Å²) in [6.07, 6.45) is 1.77. The molecule has 11 heteroatoms. The van der Waals surface area contributed by atoms with E-state index < -0.39 is 16.9 Å². The molecule has 0 bridgehead atoms. The summed E-state index contributed by atoms with van der Waals surface area (Å²) in [5.74, 6) is 0.478. The van der Waals surface area contributed by atoms with Crippen molar-refractivity contribution in [1.82, 2.24) is 4.57 Å². The van der Waals surface area contributed by atoms with Crippen LogP contribution in [0.5, 0.6) is 11.5 Å². The lowest BCUT2D eigenvalue weighted by atomic mass is 9.91. The van der Waals surface area contributed by atoms with Crippen molar-refractivity contribution in [3.8, 4) is 11.5 Å². The number of hydrogen-bond donors (Lipinski definition) is 0. The average molecular weight is 650 g/mol. The lowest BCUT2D eigenvalue weighted by molar-refractivity contribution is -0.384. The number of aromatic nitrogens is 1. The standard InChI is InChI=1S/C36H31N3O7S/c1-4-44-30-19-24(15-18-29(30)46-21-23-13-16-26(17-14-23)39(42)43)20-31-34(40)38-33(28-12-8-10-25-9-6-7-11-27(25)28)32(35(41)45-5-2)22(3)37-36(38)47-31/h6-20,33H,4-5,21H2,1-3H3/b31-20-/t33-/m1/s1. The lowest BCUT2D eigenvalue weighted by Gasteiger charge is -2.25. The third-order valence-corrected chi connectivity index (χ3v) is 8.72. The van der Waals surface area contributed by atoms with E-state index in [1.54, 1.807) is 48.8 Å². The van der Waals surface area contributed by atoms with Gasteiger partial charge in [0.15, 0.2) is 16.3 Å². The van der Waals surface area contributed by atoms with E-state index in [1.165, 1.54) is 23.5 Å². The Kier molecular flexibility index (Phi) is 8.99. The highest BCUT2D eigenvalue weighted by molar-refractivity contribution is 7.07. The molecule has 0 fully saturated rings. The largest absolute Gasteiger partial charge is 0.490 e. The first-order valence-corrected chi connectivity index (χ1v) is 15.9. The topological polar surface area (TPSA) is 122 Å². The van der Waals surface area contributed by atoms with Crippen molar-refractivity contribution in [1.29, 1.82) is 0 Å². The molecule has 0 amide bonds. The molecule has 6 rings (SSSR count). The Hall–Kier alpha value is -5.55. The van der Waals surface area contributed by atoms with E-state index in [-0.39, 0.29) is 24.5 Å². The van der Waals surface area contributed by atoms with E-state index in [0.717, 1.165) is 21.9 Å². The van der Waals surface area contributed by atoms with Gasteiger partial charge < -0.3 is 14.2 Å². The van der Waals surface area contributed by atoms with Crippen molar-refractivity contribution in [3.05, 3.63) is 143 Å². The summed E-state index contributed by atoms with van der Waals surface area (Å²) in [5, 5.41) is 12.9. The lowest BCUT2D eigenvalue weighted by Crippen LogP contribution is -2.40. The molecular formula is C36H31N3O7S. The zero-order chi connectivity index (χ0) is 33.1. The molecule has 238 valence electrons. The van der Waals surface area contributed by atoms with Crippen molar-refractivity contribution in [2.45, 2.75) is 33.4 Å². The summed E-state index contributed by atoms with van der Waals surface area (Å²) >= 11 is 1.25. The zero-order valence-electron chi connectivity index (χ0n) is 26.0. The van der Waals surface area contributed by atoms with Crippen LogP contribution < -0.4 is 24.4 Å². The van der Waals surface area contributed by atoms with Crippen LogP contribution in [0.4, 0.5) is 5.69 Å². The third-order valence-electron chi connectivity index (χ3n) is 7.74. The van der Waals surface area contributed by atoms with Crippen molar-refractivity contribution in [3.63, 3.8) is 0 Å². The Bertz CT molecular complexity index is 2210. The van der Waals surface area contributed by atoms with Gasteiger partial charge in [-0.1, -0.05) is 59.9 Å². The fourth-order valence-electron chi connectivity index (χ4n) is 5.60. The van der Waals surface area contributed by atoms with E-state index in [2.05, 4.69) is 0 Å². The summed E-state index contributed by atoms with van der Waals surface area (Å²) in [6, 6.07) is 24.5. The van der Waals surface area contributed by atoms with E-state index in [0.29, 0.717) is 44.3 Å². The number of benzene rings is 4. The van der Waals surface area contributed by atoms with Gasteiger partial charge in [0.25, 0.3) is 11.2 Å². The maximum atomic E-state index is 14.2. The number of non-ortho nitro benzene ring substituents is 1. The number of nitro groups is 1. The number of esters is 1. The van der Waals surface area contributed by atoms with Gasteiger partial charge in [0.2, 0.25) is 0 Å². The Labute approximate surface area is 273 Å². The fraction of sp³-hybridized carbons (Fsp3) is 0.194. The molecule has 2 heterocycles. The quantitative estimate of drug-likeness (QED) is 0.106. The first-order chi connectivity index (χ1) is 22.8. The molecule has 0 unspecified atom stereocenters. The molecule has 0 saturated carbocycles. The Morgan fingerprint density at radius 2 is 1.74 bits per heavy atom. The Morgan fingerprint density at radius 3 is 2.49 bits per heavy atom. The van der Waals surface area contributed by atoms with E-state index in [4.69, 9.17) is 19.2 Å². The van der Waals surface area contributed by atoms with Gasteiger partial charge in [0.1, 0.15) is 6.61 Å². The second kappa shape index (κ2) is 13.4. The van der Waals surface area contributed by atoms with Crippen LogP contribution in [-0.2, 0) is 16.1 Å². The molecule has 0 aliphatic carbocycles. The second-order valence-corrected chi connectivity index (χ2v) is 11.7. The molecule has 0 spiro atoms. The molecule has 10 nitrogen and oxygen atoms in total. The number of nitro benzene ring substituents is 1. The molecule has 5 aromatic rings. The predicted molar refractivity (Wildman–Crippen MR) is 179 cm³/mol. The molecule has 0 radical (unpaired) electrons. The van der Waals surface area contributed by atoms with Crippen LogP contribution in [0.1, 0.15) is 43.5 Å². The number of nitrogens with zero attached hydrogens (tertiary/aromatic N) is 3. The van der Waals surface area contributed by atoms with E-state index in [1.807, 2.05) is 55.5 Å². The van der Waals surface area contributed by atoms with Gasteiger partial charge in [-0.25, -0.2) is 9.79 Å². The van der Waals surface area contributed by atoms with Crippen LogP contribution in [0, 0.1) is 10.1 Å². The van der Waals surface area contributed by atoms with Gasteiger partial charge in [-0.05, 0) is 78.6 Å². The zero-order valence-corrected chi connectivity index (χ0v) is 26.8. The summed E-state index contributed by atoms with van der Waals surface area (Å²) in [4.78, 5) is 43.2. The number of carbonyl (C=O) groups is 1. The van der Waals surface area contributed by atoms with Crippen molar-refractivity contribution in [2.75, 3.05) is 13.2 Å². The normalized spacial score (nSPS) is 14.4. The first-order valence-electron chi connectivity index (χ1n) is 15.1. The third kappa shape index (κ3) is 6.30. The fourth-order valence-corrected chi connectivity index (χ4v) is 6.65. The van der Waals surface area contributed by atoms with Crippen molar-refractivity contribution >= 4 is 39.8 Å². The van der Waals surface area contributed by atoms with Gasteiger partial charge >= 0.3 is 5.97 Å². The highest BCUT2D eigenvalue weighted by Gasteiger charge is 2.34. The smallest absolute Gasteiger partial charge is 0.338 e. The van der Waals surface area contributed by atoms with Crippen LogP contribution in [0.15, 0.2) is 106 Å². The maximum absolute atomic E-state index is 14.2. The molecule has 0 saturated heterocycles. The van der Waals surface area contributed by atoms with Crippen molar-refractivity contribution in [2.24, 2.45) is 4.99 Å². The van der Waals surface area contributed by atoms with Gasteiger partial charge in [0, 0.05) is 12.1 Å². The molecule has 1 aromatic heterocycles. The summed E-state index contributed by atoms with van der Waals surface area (Å²) in [6.45, 7) is 6.15. The van der Waals surface area contributed by atoms with E-state index >= 15 is 0 Å². The highest BCUT2D eigenvalue weighted by Crippen LogP contribution is 2.35. The van der Waals surface area contributed by atoms with Crippen LogP contribution in [0.25, 0.3) is 16.8 Å². The molecule has 0 N–H and O–H groups in total. The molecule has 1 aliphatic rings. The van der Waals surface area contributed by atoms with Gasteiger partial charge in [-0.3, -0.25) is 19.5 Å². The summed E-state index contributed by atoms with van der Waals surface area (Å²) in [7, 11) is 0. The average Bonchev–Trinajstić information content (AvgIpc) is 3.37. The number of rotatable bonds is 10. The van der Waals surface area contributed by atoms with Crippen LogP contribution in [0.2, 0.25) is 0 Å². The Morgan fingerprint density at radius 1 is 0.979 bits per heavy atom. The van der Waals surface area contributed by atoms with E-state index in [9.17, 15) is 19.7 Å². The van der Waals surface area contributed by atoms with Gasteiger partial charge in [-0.15, -0.1) is 0 Å². The van der Waals surface area contributed by atoms with Crippen LogP contribution >= 0.6 is 11.3 Å². The van der Waals surface area contributed by atoms with Gasteiger partial charge in [-0.2, -0.15) is 0 Å². The minimum atomic E-state index is -0.729. The van der Waals surface area contributed by atoms with Crippen molar-refractivity contribution < 1.29 is 23.9 Å². The predicted octanol–water partition coefficient (Wildman–Crippen LogP) is 5.84. The second-order valence-electron chi connectivity index (χ2n) is 10.7. The molecule has 1 atom stereocenters. The number of allylic oxidation sites excluding steroid dienone is 1. The minimum Gasteiger partial charge on any atom is -0.490 e. The highest BCUT2D eigenvalue weighted by atomic mass is 32.1. The van der Waals surface area contributed by atoms with Crippen LogP contribution in [0.3, 0.4) is 0 Å². The Balaban J connectivity index is 1.40. The monoisotopic (exact) mass is 649 g/mol. The summed E-state index contributed by atoms with van der Waals surface area (Å²) < 4.78 is 19.3. The minimum absolute atomic E-state index is 0.00843. The number of carbonyl (C=O) groups excluding carboxylic acids is 1.